The molecule has 26 heavy (non-hydrogen) atoms. The van der Waals surface area contributed by atoms with Crippen molar-refractivity contribution in [3.63, 3.8) is 0 Å². The highest BCUT2D eigenvalue weighted by Crippen LogP contribution is 2.42. The van der Waals surface area contributed by atoms with Crippen molar-refractivity contribution in [3.8, 4) is 11.5 Å². The Morgan fingerprint density at radius 2 is 2.12 bits per heavy atom. The summed E-state index contributed by atoms with van der Waals surface area (Å²) in [6, 6.07) is 5.95. The molecule has 1 aromatic carbocycles. The minimum atomic E-state index is -0.208. The number of morpholine rings is 1. The zero-order valence-electron chi connectivity index (χ0n) is 15.7. The Balaban J connectivity index is 1.43. The van der Waals surface area contributed by atoms with Crippen molar-refractivity contribution in [3.05, 3.63) is 35.5 Å². The maximum atomic E-state index is 6.02. The van der Waals surface area contributed by atoms with Crippen molar-refractivity contribution < 1.29 is 18.6 Å². The van der Waals surface area contributed by atoms with Crippen molar-refractivity contribution in [2.75, 3.05) is 20.1 Å². The normalized spacial score (nSPS) is 24.9. The first-order valence-electron chi connectivity index (χ1n) is 8.99. The number of benzene rings is 1. The van der Waals surface area contributed by atoms with E-state index in [2.05, 4.69) is 42.1 Å². The number of para-hydroxylation sites is 1. The van der Waals surface area contributed by atoms with E-state index in [1.165, 1.54) is 0 Å². The Morgan fingerprint density at radius 1 is 1.27 bits per heavy atom. The second-order valence-electron chi connectivity index (χ2n) is 7.76. The first-order chi connectivity index (χ1) is 12.4. The van der Waals surface area contributed by atoms with Crippen LogP contribution in [-0.4, -0.2) is 46.9 Å². The summed E-state index contributed by atoms with van der Waals surface area (Å²) in [7, 11) is 2.06. The third-order valence-corrected chi connectivity index (χ3v) is 4.61. The quantitative estimate of drug-likeness (QED) is 0.831. The van der Waals surface area contributed by atoms with Crippen LogP contribution in [0.1, 0.15) is 44.2 Å². The molecule has 0 bridgehead atoms. The van der Waals surface area contributed by atoms with E-state index < -0.39 is 0 Å². The average molecular weight is 359 g/mol. The van der Waals surface area contributed by atoms with E-state index in [9.17, 15) is 0 Å². The highest BCUT2D eigenvalue weighted by Gasteiger charge is 2.32. The molecular weight excluding hydrogens is 334 g/mol. The molecule has 1 saturated heterocycles. The summed E-state index contributed by atoms with van der Waals surface area (Å²) in [5.41, 5.74) is 0.951. The Labute approximate surface area is 153 Å². The molecular formula is C19H25N3O4. The fourth-order valence-electron chi connectivity index (χ4n) is 3.59. The van der Waals surface area contributed by atoms with Crippen molar-refractivity contribution in [2.24, 2.45) is 0 Å². The van der Waals surface area contributed by atoms with E-state index in [-0.39, 0.29) is 24.4 Å². The predicted molar refractivity (Wildman–Crippen MR) is 94.3 cm³/mol. The molecule has 7 heteroatoms. The number of hydrogen-bond donors (Lipinski definition) is 0. The van der Waals surface area contributed by atoms with E-state index in [4.69, 9.17) is 18.6 Å². The molecule has 0 amide bonds. The van der Waals surface area contributed by atoms with E-state index in [1.54, 1.807) is 0 Å². The lowest BCUT2D eigenvalue weighted by Crippen LogP contribution is -2.40. The van der Waals surface area contributed by atoms with Gasteiger partial charge in [0.2, 0.25) is 5.89 Å². The van der Waals surface area contributed by atoms with Crippen LogP contribution in [0.4, 0.5) is 0 Å². The number of hydrogen-bond acceptors (Lipinski definition) is 7. The van der Waals surface area contributed by atoms with Crippen molar-refractivity contribution in [1.29, 1.82) is 0 Å². The summed E-state index contributed by atoms with van der Waals surface area (Å²) in [5.74, 6) is 2.44. The summed E-state index contributed by atoms with van der Waals surface area (Å²) in [6.07, 6.45) is 0.808. The molecule has 2 aliphatic heterocycles. The van der Waals surface area contributed by atoms with Crippen molar-refractivity contribution >= 4 is 0 Å². The van der Waals surface area contributed by atoms with Gasteiger partial charge in [-0.25, -0.2) is 0 Å². The Kier molecular flexibility index (Phi) is 4.36. The Bertz CT molecular complexity index is 779. The van der Waals surface area contributed by atoms with E-state index in [1.807, 2.05) is 19.1 Å². The smallest absolute Gasteiger partial charge is 0.254 e. The zero-order chi connectivity index (χ0) is 18.3. The number of likely N-dealkylation sites (N-methyl/N-ethyl adjacent to an activating group) is 1. The zero-order valence-corrected chi connectivity index (χ0v) is 15.7. The fourth-order valence-corrected chi connectivity index (χ4v) is 3.59. The number of rotatable bonds is 4. The highest BCUT2D eigenvalue weighted by atomic mass is 16.5. The Morgan fingerprint density at radius 3 is 2.92 bits per heavy atom. The van der Waals surface area contributed by atoms with Gasteiger partial charge in [-0.1, -0.05) is 12.1 Å². The molecule has 2 atom stereocenters. The van der Waals surface area contributed by atoms with Crippen LogP contribution in [-0.2, 0) is 17.8 Å². The maximum absolute atomic E-state index is 6.02. The SMILES string of the molecule is C[C@@H]1CN(C)C[C@H](c2nnc(COc3cccc4c3OC(C)(C)C4)o2)O1. The van der Waals surface area contributed by atoms with Crippen molar-refractivity contribution in [2.45, 2.75) is 51.6 Å². The molecule has 0 radical (unpaired) electrons. The number of ether oxygens (including phenoxy) is 3. The topological polar surface area (TPSA) is 69.9 Å². The van der Waals surface area contributed by atoms with E-state index in [0.29, 0.717) is 17.5 Å². The standard InChI is InChI=1S/C19H25N3O4/c1-12-9-22(4)10-15(24-12)18-21-20-16(25-18)11-23-14-7-5-6-13-8-19(2,3)26-17(13)14/h5-7,12,15H,8-11H2,1-4H3/t12-,15-/m1/s1. The Hall–Kier alpha value is -2.12. The molecule has 3 heterocycles. The summed E-state index contributed by atoms with van der Waals surface area (Å²) in [5, 5.41) is 8.23. The summed E-state index contributed by atoms with van der Waals surface area (Å²) in [6.45, 7) is 8.02. The minimum absolute atomic E-state index is 0.137. The molecule has 2 aliphatic rings. The minimum Gasteiger partial charge on any atom is -0.483 e. The molecule has 0 unspecified atom stereocenters. The highest BCUT2D eigenvalue weighted by molar-refractivity contribution is 5.50. The summed E-state index contributed by atoms with van der Waals surface area (Å²) in [4.78, 5) is 2.20. The van der Waals surface area contributed by atoms with Gasteiger partial charge in [-0.2, -0.15) is 0 Å². The van der Waals surface area contributed by atoms with Crippen LogP contribution in [0.15, 0.2) is 22.6 Å². The predicted octanol–water partition coefficient (Wildman–Crippen LogP) is 2.75. The fraction of sp³-hybridized carbons (Fsp3) is 0.579. The van der Waals surface area contributed by atoms with Crippen LogP contribution in [0.25, 0.3) is 0 Å². The van der Waals surface area contributed by atoms with Crippen LogP contribution in [0.5, 0.6) is 11.5 Å². The largest absolute Gasteiger partial charge is 0.483 e. The lowest BCUT2D eigenvalue weighted by Gasteiger charge is -2.32. The van der Waals surface area contributed by atoms with E-state index in [0.717, 1.165) is 30.8 Å². The molecule has 1 aromatic heterocycles. The third kappa shape index (κ3) is 3.54. The van der Waals surface area contributed by atoms with Gasteiger partial charge >= 0.3 is 0 Å². The van der Waals surface area contributed by atoms with Gasteiger partial charge in [-0.3, -0.25) is 0 Å². The second-order valence-corrected chi connectivity index (χ2v) is 7.76. The maximum Gasteiger partial charge on any atom is 0.254 e. The van der Waals surface area contributed by atoms with Gasteiger partial charge in [0.25, 0.3) is 5.89 Å². The molecule has 1 fully saturated rings. The van der Waals surface area contributed by atoms with Gasteiger partial charge in [0.05, 0.1) is 6.10 Å². The number of fused-ring (bicyclic) bond motifs is 1. The second kappa shape index (κ2) is 6.55. The first-order valence-corrected chi connectivity index (χ1v) is 8.99. The molecule has 0 N–H and O–H groups in total. The van der Waals surface area contributed by atoms with E-state index >= 15 is 0 Å². The van der Waals surface area contributed by atoms with Crippen LogP contribution >= 0.6 is 0 Å². The molecule has 140 valence electrons. The molecule has 0 aliphatic carbocycles. The lowest BCUT2D eigenvalue weighted by atomic mass is 10.0. The van der Waals surface area contributed by atoms with Gasteiger partial charge in [0.1, 0.15) is 11.7 Å². The van der Waals surface area contributed by atoms with Gasteiger partial charge in [0.15, 0.2) is 18.1 Å². The van der Waals surface area contributed by atoms with Crippen molar-refractivity contribution in [1.82, 2.24) is 15.1 Å². The molecule has 4 rings (SSSR count). The molecule has 2 aromatic rings. The number of aromatic nitrogens is 2. The lowest BCUT2D eigenvalue weighted by molar-refractivity contribution is -0.0827. The van der Waals surface area contributed by atoms with Gasteiger partial charge < -0.3 is 23.5 Å². The molecule has 0 saturated carbocycles. The number of nitrogens with zero attached hydrogens (tertiary/aromatic N) is 3. The first kappa shape index (κ1) is 17.3. The van der Waals surface area contributed by atoms with Gasteiger partial charge in [-0.15, -0.1) is 10.2 Å². The monoisotopic (exact) mass is 359 g/mol. The van der Waals surface area contributed by atoms with Crippen LogP contribution in [0.2, 0.25) is 0 Å². The van der Waals surface area contributed by atoms with Crippen LogP contribution < -0.4 is 9.47 Å². The third-order valence-electron chi connectivity index (χ3n) is 4.61. The van der Waals surface area contributed by atoms with Crippen LogP contribution in [0.3, 0.4) is 0 Å². The van der Waals surface area contributed by atoms with Gasteiger partial charge in [-0.05, 0) is 33.9 Å². The summed E-state index contributed by atoms with van der Waals surface area (Å²) >= 11 is 0. The van der Waals surface area contributed by atoms with Gasteiger partial charge in [0, 0.05) is 25.1 Å². The van der Waals surface area contributed by atoms with Crippen LogP contribution in [0, 0.1) is 0 Å². The molecule has 7 nitrogen and oxygen atoms in total. The summed E-state index contributed by atoms with van der Waals surface area (Å²) < 4.78 is 23.6. The average Bonchev–Trinajstić information content (AvgIpc) is 3.14. The molecule has 0 spiro atoms.